The van der Waals surface area contributed by atoms with Gasteiger partial charge in [-0.2, -0.15) is 0 Å². The summed E-state index contributed by atoms with van der Waals surface area (Å²) in [5.74, 6) is 0.662. The van der Waals surface area contributed by atoms with Crippen LogP contribution in [0.1, 0.15) is 38.5 Å². The van der Waals surface area contributed by atoms with E-state index in [1.807, 2.05) is 12.2 Å². The highest BCUT2D eigenvalue weighted by Gasteiger charge is 2.14. The molecule has 0 radical (unpaired) electrons. The molecule has 98 valence electrons. The van der Waals surface area contributed by atoms with Crippen molar-refractivity contribution in [3.63, 3.8) is 0 Å². The van der Waals surface area contributed by atoms with Crippen LogP contribution in [0.15, 0.2) is 48.7 Å². The quantitative estimate of drug-likeness (QED) is 0.583. The predicted octanol–water partition coefficient (Wildman–Crippen LogP) is 4.12. The normalized spacial score (nSPS) is 23.2. The number of hydrogen-bond donors (Lipinski definition) is 1. The lowest BCUT2D eigenvalue weighted by molar-refractivity contribution is 0.619. The van der Waals surface area contributed by atoms with Gasteiger partial charge < -0.3 is 5.73 Å². The van der Waals surface area contributed by atoms with Crippen molar-refractivity contribution in [1.82, 2.24) is 0 Å². The Kier molecular flexibility index (Phi) is 7.32. The van der Waals surface area contributed by atoms with Gasteiger partial charge in [-0.15, -0.1) is 0 Å². The van der Waals surface area contributed by atoms with Gasteiger partial charge in [0.2, 0.25) is 0 Å². The Balaban J connectivity index is 2.71. The van der Waals surface area contributed by atoms with Crippen molar-refractivity contribution in [1.29, 1.82) is 0 Å². The van der Waals surface area contributed by atoms with Gasteiger partial charge in [-0.3, -0.25) is 0 Å². The first-order valence-corrected chi connectivity index (χ1v) is 7.20. The number of allylic oxidation sites excluding steroid dienone is 5. The highest BCUT2D eigenvalue weighted by Crippen LogP contribution is 2.28. The van der Waals surface area contributed by atoms with Crippen LogP contribution in [0.4, 0.5) is 0 Å². The van der Waals surface area contributed by atoms with Crippen molar-refractivity contribution in [3.05, 3.63) is 48.7 Å². The molecule has 1 unspecified atom stereocenters. The van der Waals surface area contributed by atoms with Crippen LogP contribution in [0, 0.1) is 0 Å². The monoisotopic (exact) mass is 243 g/mol. The predicted molar refractivity (Wildman–Crippen MR) is 84.2 cm³/mol. The molecule has 1 saturated heterocycles. The molecule has 0 aromatic carbocycles. The molecule has 1 aliphatic rings. The van der Waals surface area contributed by atoms with E-state index in [1.54, 1.807) is 6.08 Å². The molecule has 0 bridgehead atoms. The van der Waals surface area contributed by atoms with Crippen LogP contribution >= 0.6 is 0 Å². The maximum absolute atomic E-state index is 5.75. The lowest BCUT2D eigenvalue weighted by atomic mass is 9.57. The molecule has 0 aromatic rings. The largest absolute Gasteiger partial charge is 0.399 e. The Bertz CT molecular complexity index is 318. The minimum absolute atomic E-state index is 0.662. The second-order valence-electron chi connectivity index (χ2n) is 5.14. The third kappa shape index (κ3) is 5.44. The standard InChI is InChI=1S/C16H26BN/c1-3-14(11-12-15(18)4-2)16-10-8-6-5-7-9-13-17-16/h3-4,11-12,16-17H,1-2,5-10,13,18H2/b14-11+,15-12+. The van der Waals surface area contributed by atoms with Crippen molar-refractivity contribution >= 4 is 7.28 Å². The molecule has 0 aliphatic carbocycles. The van der Waals surface area contributed by atoms with Gasteiger partial charge in [-0.1, -0.05) is 75.7 Å². The Morgan fingerprint density at radius 2 is 1.72 bits per heavy atom. The smallest absolute Gasteiger partial charge is 0.129 e. The zero-order valence-electron chi connectivity index (χ0n) is 11.5. The summed E-state index contributed by atoms with van der Waals surface area (Å²) in [6.07, 6.45) is 17.3. The minimum atomic E-state index is 0.662. The summed E-state index contributed by atoms with van der Waals surface area (Å²) >= 11 is 0. The third-order valence-corrected chi connectivity index (χ3v) is 3.77. The van der Waals surface area contributed by atoms with Crippen LogP contribution in [-0.2, 0) is 0 Å². The lowest BCUT2D eigenvalue weighted by Gasteiger charge is -2.16. The average Bonchev–Trinajstić information content (AvgIpc) is 2.53. The van der Waals surface area contributed by atoms with E-state index in [0.29, 0.717) is 5.82 Å². The fourth-order valence-corrected chi connectivity index (χ4v) is 2.60. The first-order chi connectivity index (χ1) is 8.77. The topological polar surface area (TPSA) is 26.0 Å². The van der Waals surface area contributed by atoms with Gasteiger partial charge >= 0.3 is 0 Å². The molecule has 18 heavy (non-hydrogen) atoms. The van der Waals surface area contributed by atoms with Crippen molar-refractivity contribution in [2.45, 2.75) is 50.7 Å². The fraction of sp³-hybridized carbons (Fsp3) is 0.500. The molecule has 0 aromatic heterocycles. The van der Waals surface area contributed by atoms with Crippen LogP contribution in [0.25, 0.3) is 0 Å². The second-order valence-corrected chi connectivity index (χ2v) is 5.14. The molecular formula is C16H26BN. The highest BCUT2D eigenvalue weighted by atomic mass is 14.5. The molecule has 2 N–H and O–H groups in total. The maximum atomic E-state index is 5.75. The Morgan fingerprint density at radius 3 is 2.44 bits per heavy atom. The molecule has 1 heterocycles. The first-order valence-electron chi connectivity index (χ1n) is 7.20. The fourth-order valence-electron chi connectivity index (χ4n) is 2.60. The highest BCUT2D eigenvalue weighted by molar-refractivity contribution is 6.38. The van der Waals surface area contributed by atoms with E-state index in [4.69, 9.17) is 5.73 Å². The third-order valence-electron chi connectivity index (χ3n) is 3.77. The van der Waals surface area contributed by atoms with Crippen molar-refractivity contribution in [2.75, 3.05) is 0 Å². The molecule has 1 aliphatic heterocycles. The molecule has 2 heteroatoms. The summed E-state index contributed by atoms with van der Waals surface area (Å²) in [5, 5.41) is 0. The van der Waals surface area contributed by atoms with E-state index < -0.39 is 0 Å². The van der Waals surface area contributed by atoms with Gasteiger partial charge in [0.05, 0.1) is 0 Å². The van der Waals surface area contributed by atoms with E-state index in [2.05, 4.69) is 19.2 Å². The van der Waals surface area contributed by atoms with Gasteiger partial charge in [-0.25, -0.2) is 0 Å². The molecule has 0 spiro atoms. The van der Waals surface area contributed by atoms with Crippen LogP contribution in [0.3, 0.4) is 0 Å². The van der Waals surface area contributed by atoms with Crippen molar-refractivity contribution in [3.8, 4) is 0 Å². The molecular weight excluding hydrogens is 217 g/mol. The SMILES string of the molecule is C=C/C(=C\C=C(\N)C=C)C1BCCCCCCC1. The average molecular weight is 243 g/mol. The van der Waals surface area contributed by atoms with E-state index in [9.17, 15) is 0 Å². The molecule has 1 atom stereocenters. The lowest BCUT2D eigenvalue weighted by Crippen LogP contribution is -2.05. The van der Waals surface area contributed by atoms with Gasteiger partial charge in [0.25, 0.3) is 0 Å². The Labute approximate surface area is 113 Å². The van der Waals surface area contributed by atoms with E-state index in [0.717, 1.165) is 5.70 Å². The molecule has 1 nitrogen and oxygen atoms in total. The van der Waals surface area contributed by atoms with Crippen molar-refractivity contribution in [2.24, 2.45) is 5.73 Å². The van der Waals surface area contributed by atoms with Crippen LogP contribution in [0.2, 0.25) is 12.1 Å². The van der Waals surface area contributed by atoms with Gasteiger partial charge in [0.1, 0.15) is 7.28 Å². The first kappa shape index (κ1) is 14.9. The van der Waals surface area contributed by atoms with Crippen LogP contribution < -0.4 is 5.73 Å². The summed E-state index contributed by atoms with van der Waals surface area (Å²) in [7, 11) is 1.29. The van der Waals surface area contributed by atoms with Crippen LogP contribution in [-0.4, -0.2) is 7.28 Å². The molecule has 0 amide bonds. The summed E-state index contributed by atoms with van der Waals surface area (Å²) in [6.45, 7) is 7.62. The number of nitrogens with two attached hydrogens (primary N) is 1. The molecule has 1 fully saturated rings. The zero-order chi connectivity index (χ0) is 13.2. The zero-order valence-corrected chi connectivity index (χ0v) is 11.5. The van der Waals surface area contributed by atoms with Gasteiger partial charge in [0.15, 0.2) is 0 Å². The van der Waals surface area contributed by atoms with E-state index in [-0.39, 0.29) is 0 Å². The Hall–Kier alpha value is -1.18. The van der Waals surface area contributed by atoms with Gasteiger partial charge in [0, 0.05) is 5.70 Å². The molecule has 0 saturated carbocycles. The minimum Gasteiger partial charge on any atom is -0.399 e. The Morgan fingerprint density at radius 1 is 1.00 bits per heavy atom. The van der Waals surface area contributed by atoms with E-state index >= 15 is 0 Å². The number of rotatable bonds is 4. The summed E-state index contributed by atoms with van der Waals surface area (Å²) in [5.41, 5.74) is 7.81. The number of hydrogen-bond acceptors (Lipinski definition) is 1. The summed E-state index contributed by atoms with van der Waals surface area (Å²) in [6, 6.07) is 0. The maximum Gasteiger partial charge on any atom is 0.129 e. The van der Waals surface area contributed by atoms with Gasteiger partial charge in [-0.05, 0) is 18.0 Å². The second kappa shape index (κ2) is 8.85. The van der Waals surface area contributed by atoms with Crippen molar-refractivity contribution < 1.29 is 0 Å². The van der Waals surface area contributed by atoms with Crippen LogP contribution in [0.5, 0.6) is 0 Å². The van der Waals surface area contributed by atoms with E-state index in [1.165, 1.54) is 57.7 Å². The summed E-state index contributed by atoms with van der Waals surface area (Å²) < 4.78 is 0. The molecule has 1 rings (SSSR count). The summed E-state index contributed by atoms with van der Waals surface area (Å²) in [4.78, 5) is 0.